The molecule has 0 radical (unpaired) electrons. The Balaban J connectivity index is 5.42. The number of guanidine groups is 1. The van der Waals surface area contributed by atoms with Gasteiger partial charge in [0.25, 0.3) is 0 Å². The third-order valence-electron chi connectivity index (χ3n) is 4.15. The van der Waals surface area contributed by atoms with Crippen LogP contribution < -0.4 is 33.2 Å². The van der Waals surface area contributed by atoms with Crippen molar-refractivity contribution in [2.45, 2.75) is 43.4 Å². The molecule has 0 aromatic heterocycles. The molecule has 10 N–H and O–H groups in total. The number of aliphatic carboxylic acids is 1. The third-order valence-corrected chi connectivity index (χ3v) is 5.56. The zero-order valence-corrected chi connectivity index (χ0v) is 20.4. The number of carboxylic acid groups (broad SMARTS) is 1. The summed E-state index contributed by atoms with van der Waals surface area (Å²) in [4.78, 5) is 52.7. The minimum Gasteiger partial charge on any atom is -0.480 e. The zero-order chi connectivity index (χ0) is 24.7. The van der Waals surface area contributed by atoms with Crippen LogP contribution in [-0.4, -0.2) is 89.0 Å². The molecule has 3 amide bonds. The molecule has 32 heavy (non-hydrogen) atoms. The highest BCUT2D eigenvalue weighted by atomic mass is 32.2. The number of hydrogen-bond donors (Lipinski definition) is 9. The molecule has 0 spiro atoms. The SMILES string of the molecule is CSCCC(NC(=O)C(N)CS)C(=O)NC(CCCN=C(N)N)C(=O)NC(CS)C(=O)O. The number of hydrogen-bond acceptors (Lipinski definition) is 9. The Morgan fingerprint density at radius 3 is 1.94 bits per heavy atom. The summed E-state index contributed by atoms with van der Waals surface area (Å²) >= 11 is 9.37. The highest BCUT2D eigenvalue weighted by Crippen LogP contribution is 2.05. The van der Waals surface area contributed by atoms with E-state index in [1.54, 1.807) is 0 Å². The molecule has 0 aliphatic heterocycles. The van der Waals surface area contributed by atoms with Gasteiger partial charge in [0.2, 0.25) is 17.7 Å². The van der Waals surface area contributed by atoms with Gasteiger partial charge in [-0.25, -0.2) is 4.79 Å². The number of aliphatic imine (C=N–C) groups is 1. The third kappa shape index (κ3) is 12.3. The fraction of sp³-hybridized carbons (Fsp3) is 0.706. The van der Waals surface area contributed by atoms with Crippen LogP contribution in [0, 0.1) is 0 Å². The Bertz CT molecular complexity index is 664. The van der Waals surface area contributed by atoms with Crippen molar-refractivity contribution in [2.24, 2.45) is 22.2 Å². The predicted octanol–water partition coefficient (Wildman–Crippen LogP) is -2.48. The van der Waals surface area contributed by atoms with Crippen molar-refractivity contribution < 1.29 is 24.3 Å². The topological polar surface area (TPSA) is 215 Å². The summed E-state index contributed by atoms with van der Waals surface area (Å²) in [6.07, 6.45) is 2.61. The lowest BCUT2D eigenvalue weighted by Crippen LogP contribution is -2.57. The largest absolute Gasteiger partial charge is 0.480 e. The van der Waals surface area contributed by atoms with Crippen molar-refractivity contribution in [3.63, 3.8) is 0 Å². The molecule has 12 nitrogen and oxygen atoms in total. The van der Waals surface area contributed by atoms with Crippen LogP contribution in [0.1, 0.15) is 19.3 Å². The van der Waals surface area contributed by atoms with Crippen LogP contribution in [0.3, 0.4) is 0 Å². The van der Waals surface area contributed by atoms with E-state index >= 15 is 0 Å². The van der Waals surface area contributed by atoms with Gasteiger partial charge in [-0.15, -0.1) is 0 Å². The van der Waals surface area contributed by atoms with Crippen LogP contribution in [0.5, 0.6) is 0 Å². The lowest BCUT2D eigenvalue weighted by atomic mass is 10.1. The second-order valence-electron chi connectivity index (χ2n) is 6.72. The number of thioether (sulfide) groups is 1. The van der Waals surface area contributed by atoms with E-state index in [0.29, 0.717) is 18.6 Å². The zero-order valence-electron chi connectivity index (χ0n) is 17.8. The van der Waals surface area contributed by atoms with Crippen molar-refractivity contribution in [2.75, 3.05) is 30.1 Å². The van der Waals surface area contributed by atoms with Gasteiger partial charge in [-0.1, -0.05) is 0 Å². The van der Waals surface area contributed by atoms with E-state index in [9.17, 15) is 19.2 Å². The standard InChI is InChI=1S/C17H33N7O5S3/c1-32-6-4-11(22-13(25)9(18)7-30)15(27)23-10(3-2-5-21-17(19)20)14(26)24-12(8-31)16(28)29/h9-12,30-31H,2-8,18H2,1H3,(H,22,25)(H,23,27)(H,24,26)(H,28,29)(H4,19,20,21). The van der Waals surface area contributed by atoms with Gasteiger partial charge in [0, 0.05) is 18.1 Å². The number of rotatable bonds is 16. The van der Waals surface area contributed by atoms with Crippen LogP contribution in [-0.2, 0) is 19.2 Å². The molecule has 0 saturated heterocycles. The predicted molar refractivity (Wildman–Crippen MR) is 132 cm³/mol. The quantitative estimate of drug-likeness (QED) is 0.0463. The van der Waals surface area contributed by atoms with Crippen LogP contribution in [0.2, 0.25) is 0 Å². The van der Waals surface area contributed by atoms with Crippen molar-refractivity contribution in [1.82, 2.24) is 16.0 Å². The monoisotopic (exact) mass is 511 g/mol. The maximum Gasteiger partial charge on any atom is 0.327 e. The van der Waals surface area contributed by atoms with E-state index in [2.05, 4.69) is 46.2 Å². The first-order valence-corrected chi connectivity index (χ1v) is 12.4. The number of carbonyl (C=O) groups excluding carboxylic acids is 3. The average Bonchev–Trinajstić information content (AvgIpc) is 2.75. The molecule has 0 saturated carbocycles. The highest BCUT2D eigenvalue weighted by molar-refractivity contribution is 7.98. The Kier molecular flexibility index (Phi) is 15.8. The minimum absolute atomic E-state index is 0.0961. The molecule has 0 rings (SSSR count). The van der Waals surface area contributed by atoms with Crippen molar-refractivity contribution in [1.29, 1.82) is 0 Å². The number of nitrogens with zero attached hydrogens (tertiary/aromatic N) is 1. The number of nitrogens with one attached hydrogen (secondary N) is 3. The van der Waals surface area contributed by atoms with Gasteiger partial charge < -0.3 is 38.3 Å². The molecule has 0 aromatic rings. The molecule has 0 heterocycles. The number of thiol groups is 2. The summed E-state index contributed by atoms with van der Waals surface area (Å²) in [5, 5.41) is 16.6. The van der Waals surface area contributed by atoms with Gasteiger partial charge in [-0.2, -0.15) is 37.0 Å². The fourth-order valence-corrected chi connectivity index (χ4v) is 3.25. The van der Waals surface area contributed by atoms with E-state index in [-0.39, 0.29) is 30.4 Å². The van der Waals surface area contributed by atoms with Crippen LogP contribution in [0.4, 0.5) is 0 Å². The Hall–Kier alpha value is -1.84. The van der Waals surface area contributed by atoms with Gasteiger partial charge in [0.1, 0.15) is 18.1 Å². The summed E-state index contributed by atoms with van der Waals surface area (Å²) < 4.78 is 0. The first kappa shape index (κ1) is 30.2. The average molecular weight is 512 g/mol. The molecule has 4 atom stereocenters. The summed E-state index contributed by atoms with van der Waals surface area (Å²) in [6, 6.07) is -4.14. The smallest absolute Gasteiger partial charge is 0.327 e. The van der Waals surface area contributed by atoms with Crippen molar-refractivity contribution >= 4 is 66.7 Å². The summed E-state index contributed by atoms with van der Waals surface area (Å²) in [7, 11) is 0. The lowest BCUT2D eigenvalue weighted by molar-refractivity contribution is -0.141. The molecule has 0 aromatic carbocycles. The van der Waals surface area contributed by atoms with E-state index in [1.165, 1.54) is 11.8 Å². The maximum absolute atomic E-state index is 12.9. The normalized spacial score (nSPS) is 14.4. The number of carbonyl (C=O) groups is 4. The van der Waals surface area contributed by atoms with Crippen LogP contribution in [0.15, 0.2) is 4.99 Å². The molecule has 184 valence electrons. The fourth-order valence-electron chi connectivity index (χ4n) is 2.37. The van der Waals surface area contributed by atoms with Gasteiger partial charge >= 0.3 is 5.97 Å². The first-order chi connectivity index (χ1) is 15.1. The highest BCUT2D eigenvalue weighted by Gasteiger charge is 2.29. The van der Waals surface area contributed by atoms with Gasteiger partial charge in [0.15, 0.2) is 5.96 Å². The van der Waals surface area contributed by atoms with Crippen molar-refractivity contribution in [3.8, 4) is 0 Å². The number of carboxylic acids is 1. The summed E-state index contributed by atoms with van der Waals surface area (Å²) in [5.74, 6) is -2.69. The summed E-state index contributed by atoms with van der Waals surface area (Å²) in [5.41, 5.74) is 16.2. The summed E-state index contributed by atoms with van der Waals surface area (Å²) in [6.45, 7) is 0.209. The molecule has 0 aliphatic rings. The molecular weight excluding hydrogens is 478 g/mol. The van der Waals surface area contributed by atoms with E-state index in [1.807, 2.05) is 6.26 Å². The number of nitrogens with two attached hydrogens (primary N) is 3. The molecule has 15 heteroatoms. The molecular formula is C17H33N7O5S3. The Morgan fingerprint density at radius 2 is 1.47 bits per heavy atom. The van der Waals surface area contributed by atoms with Gasteiger partial charge in [-0.05, 0) is 31.3 Å². The lowest BCUT2D eigenvalue weighted by Gasteiger charge is -2.24. The molecule has 0 aliphatic carbocycles. The maximum atomic E-state index is 12.9. The van der Waals surface area contributed by atoms with Gasteiger partial charge in [0.05, 0.1) is 6.04 Å². The van der Waals surface area contributed by atoms with E-state index in [4.69, 9.17) is 22.3 Å². The van der Waals surface area contributed by atoms with Crippen molar-refractivity contribution in [3.05, 3.63) is 0 Å². The second-order valence-corrected chi connectivity index (χ2v) is 8.44. The molecule has 0 bridgehead atoms. The molecule has 4 unspecified atom stereocenters. The van der Waals surface area contributed by atoms with Crippen LogP contribution in [0.25, 0.3) is 0 Å². The Morgan fingerprint density at radius 1 is 0.938 bits per heavy atom. The van der Waals surface area contributed by atoms with Gasteiger partial charge in [-0.3, -0.25) is 19.4 Å². The van der Waals surface area contributed by atoms with E-state index < -0.39 is 47.9 Å². The Labute approximate surface area is 202 Å². The van der Waals surface area contributed by atoms with E-state index in [0.717, 1.165) is 0 Å². The van der Waals surface area contributed by atoms with Crippen LogP contribution >= 0.6 is 37.0 Å². The minimum atomic E-state index is -1.26. The number of amides is 3. The second kappa shape index (κ2) is 16.7. The first-order valence-electron chi connectivity index (χ1n) is 9.72. The molecule has 0 fully saturated rings.